The molecule has 104 valence electrons. The molecule has 2 N–H and O–H groups in total. The summed E-state index contributed by atoms with van der Waals surface area (Å²) in [5.74, 6) is -0.939. The van der Waals surface area contributed by atoms with Gasteiger partial charge in [-0.3, -0.25) is 0 Å². The van der Waals surface area contributed by atoms with Gasteiger partial charge in [-0.15, -0.1) is 11.3 Å². The van der Waals surface area contributed by atoms with Crippen molar-refractivity contribution < 1.29 is 13.2 Å². The predicted octanol–water partition coefficient (Wildman–Crippen LogP) is 3.14. The molecule has 0 bridgehead atoms. The van der Waals surface area contributed by atoms with Gasteiger partial charge in [-0.1, -0.05) is 0 Å². The number of nitrogens with zero attached hydrogens (tertiary/aromatic N) is 3. The van der Waals surface area contributed by atoms with Crippen molar-refractivity contribution in [2.45, 2.75) is 12.7 Å². The van der Waals surface area contributed by atoms with Crippen LogP contribution in [0, 0.1) is 0 Å². The van der Waals surface area contributed by atoms with Crippen molar-refractivity contribution in [3.63, 3.8) is 0 Å². The molecule has 0 saturated heterocycles. The van der Waals surface area contributed by atoms with Crippen LogP contribution >= 0.6 is 11.3 Å². The van der Waals surface area contributed by atoms with Crippen LogP contribution in [-0.2, 0) is 12.7 Å². The maximum absolute atomic E-state index is 13.1. The minimum Gasteiger partial charge on any atom is -0.399 e. The van der Waals surface area contributed by atoms with Gasteiger partial charge in [0.1, 0.15) is 0 Å². The van der Waals surface area contributed by atoms with Gasteiger partial charge in [0.25, 0.3) is 0 Å². The Labute approximate surface area is 115 Å². The number of alkyl halides is 3. The Morgan fingerprint density at radius 3 is 2.75 bits per heavy atom. The molecule has 1 aromatic carbocycles. The van der Waals surface area contributed by atoms with E-state index in [1.165, 1.54) is 17.4 Å². The lowest BCUT2D eigenvalue weighted by Crippen LogP contribution is -2.15. The number of rotatable bonds is 2. The maximum Gasteiger partial charge on any atom is 0.449 e. The van der Waals surface area contributed by atoms with Gasteiger partial charge in [-0.05, 0) is 18.2 Å². The molecule has 0 atom stereocenters. The quantitative estimate of drug-likeness (QED) is 0.739. The second-order valence-corrected chi connectivity index (χ2v) is 4.97. The van der Waals surface area contributed by atoms with Gasteiger partial charge in [-0.25, -0.2) is 9.97 Å². The van der Waals surface area contributed by atoms with E-state index in [0.717, 1.165) is 4.57 Å². The van der Waals surface area contributed by atoms with Crippen molar-refractivity contribution in [3.8, 4) is 0 Å². The van der Waals surface area contributed by atoms with Gasteiger partial charge in [0.15, 0.2) is 0 Å². The summed E-state index contributed by atoms with van der Waals surface area (Å²) in [6.07, 6.45) is -4.52. The zero-order valence-electron chi connectivity index (χ0n) is 10.1. The highest BCUT2D eigenvalue weighted by molar-refractivity contribution is 7.07. The van der Waals surface area contributed by atoms with E-state index < -0.39 is 12.0 Å². The number of thiazole rings is 1. The third-order valence-electron chi connectivity index (χ3n) is 2.83. The second kappa shape index (κ2) is 4.48. The van der Waals surface area contributed by atoms with Crippen molar-refractivity contribution in [2.75, 3.05) is 5.73 Å². The number of halogens is 3. The zero-order chi connectivity index (χ0) is 14.3. The number of hydrogen-bond donors (Lipinski definition) is 1. The minimum absolute atomic E-state index is 0.0265. The molecule has 0 unspecified atom stereocenters. The number of imidazole rings is 1. The van der Waals surface area contributed by atoms with Crippen molar-refractivity contribution in [1.82, 2.24) is 14.5 Å². The van der Waals surface area contributed by atoms with Gasteiger partial charge in [0.2, 0.25) is 5.82 Å². The standard InChI is InChI=1S/C12H9F3N4S/c13-12(14,15)11-18-9-3-7(16)1-2-10(9)19(11)4-8-5-20-6-17-8/h1-3,5-6H,4,16H2. The average molecular weight is 298 g/mol. The molecule has 0 fully saturated rings. The van der Waals surface area contributed by atoms with Crippen LogP contribution in [0.3, 0.4) is 0 Å². The summed E-state index contributed by atoms with van der Waals surface area (Å²) in [7, 11) is 0. The first-order valence-corrected chi connectivity index (χ1v) is 6.59. The fraction of sp³-hybridized carbons (Fsp3) is 0.167. The topological polar surface area (TPSA) is 56.7 Å². The summed E-state index contributed by atoms with van der Waals surface area (Å²) in [5.41, 5.74) is 8.73. The summed E-state index contributed by atoms with van der Waals surface area (Å²) < 4.78 is 40.4. The lowest BCUT2D eigenvalue weighted by atomic mass is 10.3. The monoisotopic (exact) mass is 298 g/mol. The SMILES string of the molecule is Nc1ccc2c(c1)nc(C(F)(F)F)n2Cc1cscn1. The molecule has 0 radical (unpaired) electrons. The van der Waals surface area contributed by atoms with Gasteiger partial charge in [0.05, 0.1) is 28.8 Å². The van der Waals surface area contributed by atoms with Gasteiger partial charge in [-0.2, -0.15) is 13.2 Å². The average Bonchev–Trinajstić information content (AvgIpc) is 2.97. The molecule has 0 amide bonds. The highest BCUT2D eigenvalue weighted by atomic mass is 32.1. The van der Waals surface area contributed by atoms with E-state index in [1.807, 2.05) is 0 Å². The van der Waals surface area contributed by atoms with Gasteiger partial charge >= 0.3 is 6.18 Å². The van der Waals surface area contributed by atoms with Gasteiger partial charge in [0, 0.05) is 11.1 Å². The first-order chi connectivity index (χ1) is 9.45. The Morgan fingerprint density at radius 2 is 2.10 bits per heavy atom. The van der Waals surface area contributed by atoms with Crippen LogP contribution in [0.25, 0.3) is 11.0 Å². The Bertz CT molecular complexity index is 746. The summed E-state index contributed by atoms with van der Waals surface area (Å²) in [6.45, 7) is 0.0265. The third-order valence-corrected chi connectivity index (χ3v) is 3.46. The normalized spacial score (nSPS) is 12.2. The predicted molar refractivity (Wildman–Crippen MR) is 70.4 cm³/mol. The van der Waals surface area contributed by atoms with E-state index in [4.69, 9.17) is 5.73 Å². The van der Waals surface area contributed by atoms with Crippen molar-refractivity contribution in [2.24, 2.45) is 0 Å². The molecule has 2 aromatic heterocycles. The van der Waals surface area contributed by atoms with Crippen LogP contribution in [0.15, 0.2) is 29.1 Å². The van der Waals surface area contributed by atoms with E-state index in [-0.39, 0.29) is 12.1 Å². The lowest BCUT2D eigenvalue weighted by molar-refractivity contribution is -0.146. The molecule has 0 spiro atoms. The Hall–Kier alpha value is -2.09. The number of benzene rings is 1. The van der Waals surface area contributed by atoms with Gasteiger partial charge < -0.3 is 10.3 Å². The van der Waals surface area contributed by atoms with Crippen LogP contribution in [0.2, 0.25) is 0 Å². The molecule has 0 saturated carbocycles. The number of aromatic nitrogens is 3. The number of fused-ring (bicyclic) bond motifs is 1. The summed E-state index contributed by atoms with van der Waals surface area (Å²) >= 11 is 1.34. The summed E-state index contributed by atoms with van der Waals surface area (Å²) in [4.78, 5) is 7.68. The van der Waals surface area contributed by atoms with Crippen LogP contribution in [0.5, 0.6) is 0 Å². The van der Waals surface area contributed by atoms with Crippen LogP contribution in [0.4, 0.5) is 18.9 Å². The van der Waals surface area contributed by atoms with Crippen molar-refractivity contribution >= 4 is 28.1 Å². The van der Waals surface area contributed by atoms with Crippen molar-refractivity contribution in [3.05, 3.63) is 40.6 Å². The number of hydrogen-bond acceptors (Lipinski definition) is 4. The smallest absolute Gasteiger partial charge is 0.399 e. The third kappa shape index (κ3) is 2.22. The first kappa shape index (κ1) is 12.9. The molecular weight excluding hydrogens is 289 g/mol. The Balaban J connectivity index is 2.20. The Kier molecular flexibility index (Phi) is 2.89. The molecule has 8 heteroatoms. The molecule has 0 aliphatic rings. The van der Waals surface area contributed by atoms with E-state index >= 15 is 0 Å². The molecule has 0 aliphatic heterocycles. The molecule has 4 nitrogen and oxygen atoms in total. The molecule has 20 heavy (non-hydrogen) atoms. The fourth-order valence-electron chi connectivity index (χ4n) is 2.00. The second-order valence-electron chi connectivity index (χ2n) is 4.25. The molecule has 2 heterocycles. The number of nitrogens with two attached hydrogens (primary N) is 1. The van der Waals surface area contributed by atoms with Crippen LogP contribution in [0.1, 0.15) is 11.5 Å². The summed E-state index contributed by atoms with van der Waals surface area (Å²) in [5, 5.41) is 1.71. The van der Waals surface area contributed by atoms with E-state index in [0.29, 0.717) is 16.9 Å². The fourth-order valence-corrected chi connectivity index (χ4v) is 2.55. The molecule has 3 rings (SSSR count). The molecule has 0 aliphatic carbocycles. The zero-order valence-corrected chi connectivity index (χ0v) is 10.9. The minimum atomic E-state index is -4.52. The van der Waals surface area contributed by atoms with Crippen LogP contribution in [-0.4, -0.2) is 14.5 Å². The first-order valence-electron chi connectivity index (χ1n) is 5.65. The van der Waals surface area contributed by atoms with E-state index in [2.05, 4.69) is 9.97 Å². The lowest BCUT2D eigenvalue weighted by Gasteiger charge is -2.10. The molecular formula is C12H9F3N4S. The summed E-state index contributed by atoms with van der Waals surface area (Å²) in [6, 6.07) is 4.53. The number of nitrogen functional groups attached to an aromatic ring is 1. The van der Waals surface area contributed by atoms with E-state index in [9.17, 15) is 13.2 Å². The largest absolute Gasteiger partial charge is 0.449 e. The maximum atomic E-state index is 13.1. The highest BCUT2D eigenvalue weighted by Gasteiger charge is 2.37. The Morgan fingerprint density at radius 1 is 1.30 bits per heavy atom. The van der Waals surface area contributed by atoms with E-state index in [1.54, 1.807) is 23.0 Å². The van der Waals surface area contributed by atoms with Crippen LogP contribution < -0.4 is 5.73 Å². The van der Waals surface area contributed by atoms with Crippen molar-refractivity contribution in [1.29, 1.82) is 0 Å². The highest BCUT2D eigenvalue weighted by Crippen LogP contribution is 2.32. The number of anilines is 1. The molecule has 3 aromatic rings.